The monoisotopic (exact) mass is 699 g/mol. The molecule has 0 aliphatic carbocycles. The second kappa shape index (κ2) is 13.4. The van der Waals surface area contributed by atoms with Gasteiger partial charge >= 0.3 is 6.01 Å². The molecule has 268 valence electrons. The SMILES string of the molecule is CCc1c(F)ccc2cccc(-c3ncc4c(N(C)[C@@H]5CCN(C(=O)/C=C/[C@H]6CCN6C)C5)nc(OC[C@@]56CCCN5C[C@H](F)C6)nc4c3F)c12. The third-order valence-corrected chi connectivity index (χ3v) is 11.7. The zero-order valence-electron chi connectivity index (χ0n) is 29.4. The van der Waals surface area contributed by atoms with Gasteiger partial charge in [0.15, 0.2) is 5.82 Å². The maximum absolute atomic E-state index is 17.0. The van der Waals surface area contributed by atoms with E-state index in [1.54, 1.807) is 24.4 Å². The highest BCUT2D eigenvalue weighted by molar-refractivity contribution is 6.01. The van der Waals surface area contributed by atoms with Crippen molar-refractivity contribution in [1.29, 1.82) is 0 Å². The van der Waals surface area contributed by atoms with Gasteiger partial charge in [-0.3, -0.25) is 19.6 Å². The predicted molar refractivity (Wildman–Crippen MR) is 192 cm³/mol. The quantitative estimate of drug-likeness (QED) is 0.199. The molecule has 4 saturated heterocycles. The topological polar surface area (TPSA) is 77.9 Å². The number of likely N-dealkylation sites (N-methyl/N-ethyl adjacent to an activating group) is 2. The van der Waals surface area contributed by atoms with Gasteiger partial charge in [-0.25, -0.2) is 13.2 Å². The first-order valence-corrected chi connectivity index (χ1v) is 18.1. The average Bonchev–Trinajstić information content (AvgIpc) is 3.85. The van der Waals surface area contributed by atoms with Gasteiger partial charge in [-0.05, 0) is 68.1 Å². The van der Waals surface area contributed by atoms with Gasteiger partial charge in [-0.1, -0.05) is 37.3 Å². The van der Waals surface area contributed by atoms with Gasteiger partial charge in [0.05, 0.1) is 10.9 Å². The van der Waals surface area contributed by atoms with Crippen LogP contribution in [0.3, 0.4) is 0 Å². The normalized spacial score (nSPS) is 25.3. The Kier molecular flexibility index (Phi) is 8.86. The minimum Gasteiger partial charge on any atom is -0.461 e. The van der Waals surface area contributed by atoms with Gasteiger partial charge in [-0.15, -0.1) is 0 Å². The van der Waals surface area contributed by atoms with Crippen molar-refractivity contribution in [3.63, 3.8) is 0 Å². The number of hydrogen-bond acceptors (Lipinski definition) is 8. The molecule has 2 aromatic carbocycles. The molecule has 8 rings (SSSR count). The summed E-state index contributed by atoms with van der Waals surface area (Å²) in [5.74, 6) is -0.597. The number of fused-ring (bicyclic) bond motifs is 3. The van der Waals surface area contributed by atoms with Crippen LogP contribution in [0.25, 0.3) is 32.9 Å². The number of nitrogens with zero attached hydrogens (tertiary/aromatic N) is 7. The van der Waals surface area contributed by atoms with Gasteiger partial charge in [0.25, 0.3) is 0 Å². The second-order valence-electron chi connectivity index (χ2n) is 14.7. The molecule has 6 heterocycles. The van der Waals surface area contributed by atoms with Crippen LogP contribution >= 0.6 is 0 Å². The number of hydrogen-bond donors (Lipinski definition) is 0. The zero-order valence-corrected chi connectivity index (χ0v) is 29.4. The number of amides is 1. The molecule has 0 bridgehead atoms. The lowest BCUT2D eigenvalue weighted by Gasteiger charge is -2.35. The molecule has 4 aliphatic heterocycles. The summed E-state index contributed by atoms with van der Waals surface area (Å²) in [4.78, 5) is 35.3. The van der Waals surface area contributed by atoms with Crippen LogP contribution in [0, 0.1) is 11.6 Å². The van der Waals surface area contributed by atoms with Crippen LogP contribution in [0.15, 0.2) is 48.7 Å². The zero-order chi connectivity index (χ0) is 35.4. The van der Waals surface area contributed by atoms with Crippen LogP contribution in [-0.4, -0.2) is 113 Å². The average molecular weight is 700 g/mol. The summed E-state index contributed by atoms with van der Waals surface area (Å²) in [5.41, 5.74) is 0.626. The summed E-state index contributed by atoms with van der Waals surface area (Å²) >= 11 is 0. The van der Waals surface area contributed by atoms with Crippen molar-refractivity contribution in [1.82, 2.24) is 29.7 Å². The molecule has 4 aliphatic rings. The standard InChI is InChI=1S/C39H44F3N7O2/c1-4-28-31(41)11-9-24-7-5-8-29(33(24)28)35-34(42)36-30(20-43-35)37(45-38(44-36)51-23-39-15-6-16-49(39)21-25(40)19-39)47(3)27-14-18-48(22-27)32(50)12-10-26-13-17-46(26)2/h5,7-12,20,25-27H,4,6,13-19,21-23H2,1-3H3/b12-10+/t25-,26+,27-,39+/m1/s1. The summed E-state index contributed by atoms with van der Waals surface area (Å²) in [7, 11) is 3.94. The van der Waals surface area contributed by atoms with Gasteiger partial charge in [0.1, 0.15) is 35.6 Å². The van der Waals surface area contributed by atoms with Gasteiger partial charge in [0, 0.05) is 69.6 Å². The van der Waals surface area contributed by atoms with Gasteiger partial charge in [-0.2, -0.15) is 9.97 Å². The fourth-order valence-electron chi connectivity index (χ4n) is 8.67. The first-order chi connectivity index (χ1) is 24.7. The number of anilines is 1. The van der Waals surface area contributed by atoms with Crippen LogP contribution in [0.1, 0.15) is 44.6 Å². The minimum absolute atomic E-state index is 0.000579. The molecule has 51 heavy (non-hydrogen) atoms. The lowest BCUT2D eigenvalue weighted by atomic mass is 9.95. The van der Waals surface area contributed by atoms with Crippen molar-refractivity contribution >= 4 is 33.4 Å². The van der Waals surface area contributed by atoms with Gasteiger partial charge in [0.2, 0.25) is 5.91 Å². The van der Waals surface area contributed by atoms with Crippen molar-refractivity contribution in [3.8, 4) is 17.3 Å². The van der Waals surface area contributed by atoms with E-state index < -0.39 is 17.5 Å². The Morgan fingerprint density at radius 1 is 1.12 bits per heavy atom. The first-order valence-electron chi connectivity index (χ1n) is 18.1. The molecule has 4 atom stereocenters. The largest absolute Gasteiger partial charge is 0.461 e. The van der Waals surface area contributed by atoms with E-state index in [9.17, 15) is 9.18 Å². The molecule has 0 N–H and O–H groups in total. The van der Waals surface area contributed by atoms with E-state index in [1.165, 1.54) is 6.07 Å². The number of halogens is 3. The highest BCUT2D eigenvalue weighted by atomic mass is 19.1. The summed E-state index contributed by atoms with van der Waals surface area (Å²) < 4.78 is 52.9. The van der Waals surface area contributed by atoms with E-state index >= 15 is 8.78 Å². The Bertz CT molecular complexity index is 2030. The molecule has 4 aromatic rings. The number of pyridine rings is 1. The number of carbonyl (C=O) groups excluding carboxylic acids is 1. The maximum atomic E-state index is 17.0. The third kappa shape index (κ3) is 5.99. The Balaban J connectivity index is 1.16. The maximum Gasteiger partial charge on any atom is 0.319 e. The van der Waals surface area contributed by atoms with E-state index in [1.807, 2.05) is 49.0 Å². The van der Waals surface area contributed by atoms with Crippen LogP contribution in [0.5, 0.6) is 6.01 Å². The Morgan fingerprint density at radius 3 is 2.76 bits per heavy atom. The van der Waals surface area contributed by atoms with Crippen molar-refractivity contribution in [2.24, 2.45) is 0 Å². The fraction of sp³-hybridized carbons (Fsp3) is 0.487. The van der Waals surface area contributed by atoms with Crippen LogP contribution < -0.4 is 9.64 Å². The molecule has 0 radical (unpaired) electrons. The molecule has 12 heteroatoms. The highest BCUT2D eigenvalue weighted by Crippen LogP contribution is 2.41. The lowest BCUT2D eigenvalue weighted by molar-refractivity contribution is -0.125. The molecule has 2 aromatic heterocycles. The van der Waals surface area contributed by atoms with E-state index in [-0.39, 0.29) is 41.6 Å². The molecule has 4 fully saturated rings. The Morgan fingerprint density at radius 2 is 1.98 bits per heavy atom. The van der Waals surface area contributed by atoms with E-state index in [0.29, 0.717) is 72.7 Å². The summed E-state index contributed by atoms with van der Waals surface area (Å²) in [6, 6.07) is 8.79. The van der Waals surface area contributed by atoms with Crippen molar-refractivity contribution in [2.75, 3.05) is 58.3 Å². The molecule has 9 nitrogen and oxygen atoms in total. The second-order valence-corrected chi connectivity index (χ2v) is 14.7. The number of aromatic nitrogens is 3. The smallest absolute Gasteiger partial charge is 0.319 e. The van der Waals surface area contributed by atoms with Crippen LogP contribution in [0.4, 0.5) is 19.0 Å². The number of benzene rings is 2. The lowest BCUT2D eigenvalue weighted by Crippen LogP contribution is -2.43. The van der Waals surface area contributed by atoms with E-state index in [4.69, 9.17) is 9.72 Å². The molecule has 0 spiro atoms. The first kappa shape index (κ1) is 33.8. The molecule has 0 unspecified atom stereocenters. The fourth-order valence-corrected chi connectivity index (χ4v) is 8.67. The predicted octanol–water partition coefficient (Wildman–Crippen LogP) is 5.94. The number of aryl methyl sites for hydroxylation is 1. The molecular formula is C39H44F3N7O2. The highest BCUT2D eigenvalue weighted by Gasteiger charge is 2.49. The van der Waals surface area contributed by atoms with E-state index in [2.05, 4.69) is 19.8 Å². The summed E-state index contributed by atoms with van der Waals surface area (Å²) in [6.45, 7) is 5.36. The molecule has 1 amide bonds. The number of ether oxygens (including phenoxy) is 1. The Labute approximate surface area is 296 Å². The minimum atomic E-state index is -0.921. The number of carbonyl (C=O) groups is 1. The van der Waals surface area contributed by atoms with Crippen molar-refractivity contribution in [2.45, 2.75) is 69.2 Å². The molecular weight excluding hydrogens is 655 g/mol. The number of likely N-dealkylation sites (tertiary alicyclic amines) is 2. The van der Waals surface area contributed by atoms with Crippen LogP contribution in [-0.2, 0) is 11.2 Å². The van der Waals surface area contributed by atoms with Crippen LogP contribution in [0.2, 0.25) is 0 Å². The van der Waals surface area contributed by atoms with Crippen molar-refractivity contribution in [3.05, 3.63) is 65.9 Å². The number of rotatable bonds is 9. The van der Waals surface area contributed by atoms with E-state index in [0.717, 1.165) is 37.7 Å². The van der Waals surface area contributed by atoms with Crippen molar-refractivity contribution < 1.29 is 22.7 Å². The molecule has 0 saturated carbocycles. The summed E-state index contributed by atoms with van der Waals surface area (Å²) in [5, 5.41) is 1.80. The Hall–Kier alpha value is -4.29. The third-order valence-electron chi connectivity index (χ3n) is 11.7. The summed E-state index contributed by atoms with van der Waals surface area (Å²) in [6.07, 6.45) is 8.63. The number of alkyl halides is 1. The van der Waals surface area contributed by atoms with Gasteiger partial charge < -0.3 is 14.5 Å².